The number of likely N-dealkylation sites (N-methyl/N-ethyl adjacent to an activating group) is 1. The fourth-order valence-corrected chi connectivity index (χ4v) is 4.30. The first-order valence-corrected chi connectivity index (χ1v) is 10.0. The summed E-state index contributed by atoms with van der Waals surface area (Å²) in [5, 5.41) is 0. The lowest BCUT2D eigenvalue weighted by molar-refractivity contribution is 0.221. The molecule has 2 aromatic rings. The minimum Gasteiger partial charge on any atom is -0.469 e. The molecule has 0 saturated carbocycles. The molecule has 0 bridgehead atoms. The maximum Gasteiger partial charge on any atom is 0.279 e. The third kappa shape index (κ3) is 4.70. The summed E-state index contributed by atoms with van der Waals surface area (Å²) in [4.78, 5) is 2.13. The first-order valence-electron chi connectivity index (χ1n) is 8.58. The van der Waals surface area contributed by atoms with Crippen LogP contribution >= 0.6 is 0 Å². The van der Waals surface area contributed by atoms with E-state index in [9.17, 15) is 8.42 Å². The molecule has 2 heterocycles. The fourth-order valence-electron chi connectivity index (χ4n) is 3.10. The van der Waals surface area contributed by atoms with Crippen molar-refractivity contribution in [1.29, 1.82) is 0 Å². The summed E-state index contributed by atoms with van der Waals surface area (Å²) in [5.74, 6) is 0.886. The number of nitrogens with zero attached hydrogens (tertiary/aromatic N) is 2. The Morgan fingerprint density at radius 3 is 2.44 bits per heavy atom. The zero-order valence-electron chi connectivity index (χ0n) is 14.5. The Hall–Kier alpha value is -1.67. The summed E-state index contributed by atoms with van der Waals surface area (Å²) < 4.78 is 34.8. The van der Waals surface area contributed by atoms with E-state index in [-0.39, 0.29) is 5.92 Å². The van der Waals surface area contributed by atoms with Gasteiger partial charge in [0.15, 0.2) is 0 Å². The van der Waals surface area contributed by atoms with Crippen LogP contribution in [-0.4, -0.2) is 57.4 Å². The van der Waals surface area contributed by atoms with Crippen LogP contribution in [0.3, 0.4) is 0 Å². The standard InChI is InChI=1S/C18H25N3O3S/c1-20-11-13-21(14-12-20)25(22,23)19-10-9-17(18-8-5-15-24-18)16-6-3-2-4-7-16/h2-8,15,17,19H,9-14H2,1H3. The Balaban J connectivity index is 1.62. The molecule has 25 heavy (non-hydrogen) atoms. The molecule has 1 aliphatic heterocycles. The van der Waals surface area contributed by atoms with Crippen LogP contribution in [0.4, 0.5) is 0 Å². The summed E-state index contributed by atoms with van der Waals surface area (Å²) in [5.41, 5.74) is 1.12. The molecule has 1 aromatic carbocycles. The van der Waals surface area contributed by atoms with Crippen molar-refractivity contribution < 1.29 is 12.8 Å². The van der Waals surface area contributed by atoms with E-state index in [2.05, 4.69) is 9.62 Å². The second kappa shape index (κ2) is 8.14. The van der Waals surface area contributed by atoms with Crippen molar-refractivity contribution in [2.75, 3.05) is 39.8 Å². The highest BCUT2D eigenvalue weighted by atomic mass is 32.2. The van der Waals surface area contributed by atoms with E-state index < -0.39 is 10.2 Å². The molecule has 7 heteroatoms. The second-order valence-corrected chi connectivity index (χ2v) is 8.12. The highest BCUT2D eigenvalue weighted by Gasteiger charge is 2.26. The second-order valence-electron chi connectivity index (χ2n) is 6.37. The van der Waals surface area contributed by atoms with Crippen LogP contribution in [0.5, 0.6) is 0 Å². The summed E-state index contributed by atoms with van der Waals surface area (Å²) in [6.07, 6.45) is 2.30. The third-order valence-corrected chi connectivity index (χ3v) is 6.22. The van der Waals surface area contributed by atoms with Crippen molar-refractivity contribution in [1.82, 2.24) is 13.9 Å². The average molecular weight is 363 g/mol. The van der Waals surface area contributed by atoms with Crippen LogP contribution in [0.2, 0.25) is 0 Å². The van der Waals surface area contributed by atoms with E-state index in [0.717, 1.165) is 24.4 Å². The Labute approximate surface area is 149 Å². The third-order valence-electron chi connectivity index (χ3n) is 4.61. The highest BCUT2D eigenvalue weighted by Crippen LogP contribution is 2.27. The molecule has 1 fully saturated rings. The number of piperazine rings is 1. The Bertz CT molecular complexity index is 739. The Kier molecular flexibility index (Phi) is 5.90. The average Bonchev–Trinajstić information content (AvgIpc) is 3.14. The monoisotopic (exact) mass is 363 g/mol. The van der Waals surface area contributed by atoms with Crippen LogP contribution in [0.25, 0.3) is 0 Å². The van der Waals surface area contributed by atoms with Crippen molar-refractivity contribution >= 4 is 10.2 Å². The molecule has 0 spiro atoms. The van der Waals surface area contributed by atoms with Crippen molar-refractivity contribution in [2.45, 2.75) is 12.3 Å². The van der Waals surface area contributed by atoms with Gasteiger partial charge in [-0.2, -0.15) is 12.7 Å². The molecule has 1 aromatic heterocycles. The number of hydrogen-bond acceptors (Lipinski definition) is 4. The summed E-state index contributed by atoms with van der Waals surface area (Å²) in [6.45, 7) is 2.97. The van der Waals surface area contributed by atoms with Crippen LogP contribution in [0, 0.1) is 0 Å². The van der Waals surface area contributed by atoms with Crippen molar-refractivity contribution in [3.05, 3.63) is 60.1 Å². The quantitative estimate of drug-likeness (QED) is 0.816. The van der Waals surface area contributed by atoms with Gasteiger partial charge in [0.05, 0.1) is 6.26 Å². The minimum absolute atomic E-state index is 0.0337. The van der Waals surface area contributed by atoms with E-state index in [0.29, 0.717) is 26.1 Å². The molecule has 0 aliphatic carbocycles. The smallest absolute Gasteiger partial charge is 0.279 e. The molecule has 0 amide bonds. The van der Waals surface area contributed by atoms with Gasteiger partial charge in [0.25, 0.3) is 10.2 Å². The number of rotatable bonds is 7. The molecule has 1 N–H and O–H groups in total. The minimum atomic E-state index is -3.43. The number of benzene rings is 1. The topological polar surface area (TPSA) is 65.8 Å². The lowest BCUT2D eigenvalue weighted by Crippen LogP contribution is -2.51. The van der Waals surface area contributed by atoms with E-state index in [4.69, 9.17) is 4.42 Å². The largest absolute Gasteiger partial charge is 0.469 e. The first kappa shape index (κ1) is 18.1. The predicted octanol–water partition coefficient (Wildman–Crippen LogP) is 1.88. The van der Waals surface area contributed by atoms with E-state index in [1.54, 1.807) is 6.26 Å². The molecule has 136 valence electrons. The van der Waals surface area contributed by atoms with Crippen LogP contribution in [0.1, 0.15) is 23.7 Å². The number of nitrogens with one attached hydrogen (secondary N) is 1. The van der Waals surface area contributed by atoms with Crippen molar-refractivity contribution in [3.63, 3.8) is 0 Å². The van der Waals surface area contributed by atoms with Gasteiger partial charge in [-0.1, -0.05) is 30.3 Å². The zero-order valence-corrected chi connectivity index (χ0v) is 15.3. The fraction of sp³-hybridized carbons (Fsp3) is 0.444. The maximum atomic E-state index is 12.5. The van der Waals surface area contributed by atoms with Gasteiger partial charge in [-0.05, 0) is 31.2 Å². The Morgan fingerprint density at radius 2 is 1.80 bits per heavy atom. The van der Waals surface area contributed by atoms with Crippen molar-refractivity contribution in [2.24, 2.45) is 0 Å². The van der Waals surface area contributed by atoms with E-state index in [1.165, 1.54) is 4.31 Å². The van der Waals surface area contributed by atoms with Crippen LogP contribution in [-0.2, 0) is 10.2 Å². The van der Waals surface area contributed by atoms with Gasteiger partial charge in [0, 0.05) is 38.6 Å². The van der Waals surface area contributed by atoms with Gasteiger partial charge in [0.1, 0.15) is 5.76 Å². The number of hydrogen-bond donors (Lipinski definition) is 1. The van der Waals surface area contributed by atoms with Gasteiger partial charge in [-0.15, -0.1) is 0 Å². The maximum absolute atomic E-state index is 12.5. The van der Waals surface area contributed by atoms with Crippen molar-refractivity contribution in [3.8, 4) is 0 Å². The normalized spacial score (nSPS) is 18.3. The molecule has 3 rings (SSSR count). The molecule has 1 saturated heterocycles. The zero-order chi connectivity index (χ0) is 17.7. The molecular weight excluding hydrogens is 338 g/mol. The van der Waals surface area contributed by atoms with Crippen LogP contribution < -0.4 is 4.72 Å². The van der Waals surface area contributed by atoms with Gasteiger partial charge in [-0.3, -0.25) is 0 Å². The predicted molar refractivity (Wildman–Crippen MR) is 97.6 cm³/mol. The lowest BCUT2D eigenvalue weighted by atomic mass is 9.93. The summed E-state index contributed by atoms with van der Waals surface area (Å²) >= 11 is 0. The van der Waals surface area contributed by atoms with Gasteiger partial charge in [0.2, 0.25) is 0 Å². The summed E-state index contributed by atoms with van der Waals surface area (Å²) in [6, 6.07) is 13.8. The molecule has 1 atom stereocenters. The highest BCUT2D eigenvalue weighted by molar-refractivity contribution is 7.87. The van der Waals surface area contributed by atoms with Crippen LogP contribution in [0.15, 0.2) is 53.1 Å². The Morgan fingerprint density at radius 1 is 1.08 bits per heavy atom. The molecule has 6 nitrogen and oxygen atoms in total. The molecule has 1 aliphatic rings. The molecular formula is C18H25N3O3S. The SMILES string of the molecule is CN1CCN(S(=O)(=O)NCCC(c2ccccc2)c2ccco2)CC1. The van der Waals surface area contributed by atoms with Gasteiger partial charge in [-0.25, -0.2) is 4.72 Å². The van der Waals surface area contributed by atoms with E-state index >= 15 is 0 Å². The lowest BCUT2D eigenvalue weighted by Gasteiger charge is -2.31. The van der Waals surface area contributed by atoms with E-state index in [1.807, 2.05) is 49.5 Å². The molecule has 1 unspecified atom stereocenters. The first-order chi connectivity index (χ1) is 12.1. The molecule has 0 radical (unpaired) electrons. The summed E-state index contributed by atoms with van der Waals surface area (Å²) in [7, 11) is -1.42. The number of furan rings is 1. The van der Waals surface area contributed by atoms with Gasteiger partial charge >= 0.3 is 0 Å². The van der Waals surface area contributed by atoms with Gasteiger partial charge < -0.3 is 9.32 Å².